The third-order valence-electron chi connectivity index (χ3n) is 4.56. The zero-order valence-electron chi connectivity index (χ0n) is 15.7. The summed E-state index contributed by atoms with van der Waals surface area (Å²) in [6.07, 6.45) is -3.25. The molecule has 0 aromatic heterocycles. The highest BCUT2D eigenvalue weighted by atomic mass is 16.8. The Morgan fingerprint density at radius 2 is 1.59 bits per heavy atom. The van der Waals surface area contributed by atoms with Crippen LogP contribution in [0.2, 0.25) is 0 Å². The van der Waals surface area contributed by atoms with Crippen molar-refractivity contribution in [1.82, 2.24) is 0 Å². The van der Waals surface area contributed by atoms with E-state index >= 15 is 0 Å². The lowest BCUT2D eigenvalue weighted by atomic mass is 10.1. The van der Waals surface area contributed by atoms with Gasteiger partial charge in [0, 0.05) is 11.1 Å². The standard InChI is InChI=1S/C19H23NO7/c1-10(2)13-9-25-16(20-13)11-5-7-12(8-6-11)19-26-14(17(21)23-3)15(27-19)18(22)24-4/h5-8,10,13-15,19H,9H2,1-4H3/t13-,14-,15-/m1/s1. The molecule has 0 N–H and O–H groups in total. The van der Waals surface area contributed by atoms with Crippen LogP contribution >= 0.6 is 0 Å². The molecule has 2 heterocycles. The van der Waals surface area contributed by atoms with Gasteiger partial charge < -0.3 is 23.7 Å². The molecule has 0 unspecified atom stereocenters. The molecule has 1 aromatic rings. The van der Waals surface area contributed by atoms with Gasteiger partial charge in [-0.3, -0.25) is 0 Å². The Balaban J connectivity index is 1.74. The largest absolute Gasteiger partial charge is 0.475 e. The van der Waals surface area contributed by atoms with Gasteiger partial charge in [-0.25, -0.2) is 14.6 Å². The van der Waals surface area contributed by atoms with E-state index in [0.29, 0.717) is 24.0 Å². The summed E-state index contributed by atoms with van der Waals surface area (Å²) in [7, 11) is 2.43. The van der Waals surface area contributed by atoms with E-state index in [1.807, 2.05) is 12.1 Å². The fraction of sp³-hybridized carbons (Fsp3) is 0.526. The molecule has 1 aromatic carbocycles. The van der Waals surface area contributed by atoms with E-state index in [0.717, 1.165) is 5.56 Å². The van der Waals surface area contributed by atoms with Crippen molar-refractivity contribution >= 4 is 17.8 Å². The fourth-order valence-corrected chi connectivity index (χ4v) is 2.86. The zero-order chi connectivity index (χ0) is 19.6. The normalized spacial score (nSPS) is 25.2. The summed E-state index contributed by atoms with van der Waals surface area (Å²) in [5, 5.41) is 0. The van der Waals surface area contributed by atoms with Gasteiger partial charge in [0.05, 0.1) is 20.3 Å². The number of rotatable bonds is 5. The van der Waals surface area contributed by atoms with Crippen molar-refractivity contribution < 1.29 is 33.3 Å². The van der Waals surface area contributed by atoms with Crippen LogP contribution in [-0.2, 0) is 33.3 Å². The first-order valence-corrected chi connectivity index (χ1v) is 8.72. The summed E-state index contributed by atoms with van der Waals surface area (Å²) >= 11 is 0. The van der Waals surface area contributed by atoms with Crippen LogP contribution < -0.4 is 0 Å². The molecule has 2 aliphatic rings. The number of carbonyl (C=O) groups is 2. The molecular formula is C19H23NO7. The van der Waals surface area contributed by atoms with Crippen LogP contribution in [0.15, 0.2) is 29.3 Å². The Hall–Kier alpha value is -2.45. The van der Waals surface area contributed by atoms with Crippen molar-refractivity contribution in [2.24, 2.45) is 10.9 Å². The Bertz CT molecular complexity index is 704. The molecule has 0 radical (unpaired) electrons. The van der Waals surface area contributed by atoms with Gasteiger partial charge in [-0.2, -0.15) is 0 Å². The average molecular weight is 377 g/mol. The highest BCUT2D eigenvalue weighted by Gasteiger charge is 2.47. The zero-order valence-corrected chi connectivity index (χ0v) is 15.7. The first kappa shape index (κ1) is 19.3. The van der Waals surface area contributed by atoms with Crippen molar-refractivity contribution in [3.8, 4) is 0 Å². The van der Waals surface area contributed by atoms with E-state index < -0.39 is 30.4 Å². The van der Waals surface area contributed by atoms with Crippen molar-refractivity contribution in [2.75, 3.05) is 20.8 Å². The molecule has 0 bridgehead atoms. The summed E-state index contributed by atoms with van der Waals surface area (Å²) in [5.74, 6) is -0.378. The van der Waals surface area contributed by atoms with E-state index in [-0.39, 0.29) is 6.04 Å². The first-order valence-electron chi connectivity index (χ1n) is 8.72. The Morgan fingerprint density at radius 3 is 2.04 bits per heavy atom. The summed E-state index contributed by atoms with van der Waals surface area (Å²) in [6.45, 7) is 4.78. The smallest absolute Gasteiger partial charge is 0.338 e. The SMILES string of the molecule is COC(=O)[C@@H]1OC(c2ccc(C3=N[C@@H](C(C)C)CO3)cc2)O[C@H]1C(=O)OC. The van der Waals surface area contributed by atoms with Gasteiger partial charge in [-0.05, 0) is 18.1 Å². The number of aliphatic imine (C=N–C) groups is 1. The van der Waals surface area contributed by atoms with Crippen LogP contribution in [0.3, 0.4) is 0 Å². The molecule has 8 nitrogen and oxygen atoms in total. The predicted octanol–water partition coefficient (Wildman–Crippen LogP) is 1.62. The lowest BCUT2D eigenvalue weighted by Crippen LogP contribution is -2.38. The van der Waals surface area contributed by atoms with Crippen molar-refractivity contribution in [2.45, 2.75) is 38.4 Å². The first-order chi connectivity index (χ1) is 12.9. The second kappa shape index (κ2) is 8.06. The Labute approximate surface area is 157 Å². The monoisotopic (exact) mass is 377 g/mol. The fourth-order valence-electron chi connectivity index (χ4n) is 2.86. The van der Waals surface area contributed by atoms with Crippen molar-refractivity contribution in [3.63, 3.8) is 0 Å². The molecule has 27 heavy (non-hydrogen) atoms. The average Bonchev–Trinajstić information content (AvgIpc) is 3.34. The number of methoxy groups -OCH3 is 2. The molecule has 1 saturated heterocycles. The Kier molecular flexibility index (Phi) is 5.76. The van der Waals surface area contributed by atoms with Gasteiger partial charge in [-0.15, -0.1) is 0 Å². The van der Waals surface area contributed by atoms with Crippen LogP contribution in [0.1, 0.15) is 31.3 Å². The van der Waals surface area contributed by atoms with E-state index in [2.05, 4.69) is 28.3 Å². The number of esters is 2. The predicted molar refractivity (Wildman–Crippen MR) is 94.1 cm³/mol. The molecule has 2 aliphatic heterocycles. The quantitative estimate of drug-likeness (QED) is 0.720. The maximum atomic E-state index is 11.9. The van der Waals surface area contributed by atoms with Gasteiger partial charge in [0.1, 0.15) is 6.61 Å². The molecule has 1 fully saturated rings. The molecule has 3 atom stereocenters. The van der Waals surface area contributed by atoms with Gasteiger partial charge in [0.25, 0.3) is 0 Å². The Morgan fingerprint density at radius 1 is 1.04 bits per heavy atom. The molecule has 146 valence electrons. The number of carbonyl (C=O) groups excluding carboxylic acids is 2. The minimum Gasteiger partial charge on any atom is -0.475 e. The highest BCUT2D eigenvalue weighted by Crippen LogP contribution is 2.33. The van der Waals surface area contributed by atoms with Crippen molar-refractivity contribution in [3.05, 3.63) is 35.4 Å². The summed E-state index contributed by atoms with van der Waals surface area (Å²) in [4.78, 5) is 28.3. The highest BCUT2D eigenvalue weighted by molar-refractivity contribution is 5.95. The molecule has 0 amide bonds. The third-order valence-corrected chi connectivity index (χ3v) is 4.56. The molecule has 8 heteroatoms. The van der Waals surface area contributed by atoms with E-state index in [4.69, 9.17) is 14.2 Å². The molecule has 0 aliphatic carbocycles. The number of hydrogen-bond acceptors (Lipinski definition) is 8. The minimum absolute atomic E-state index is 0.155. The minimum atomic E-state index is -1.18. The number of benzene rings is 1. The third kappa shape index (κ3) is 3.96. The van der Waals surface area contributed by atoms with Gasteiger partial charge in [0.15, 0.2) is 18.5 Å². The second-order valence-electron chi connectivity index (χ2n) is 6.67. The second-order valence-corrected chi connectivity index (χ2v) is 6.67. The summed E-state index contributed by atoms with van der Waals surface area (Å²) in [6, 6.07) is 7.39. The van der Waals surface area contributed by atoms with Crippen LogP contribution in [0.4, 0.5) is 0 Å². The van der Waals surface area contributed by atoms with E-state index in [1.165, 1.54) is 14.2 Å². The number of ether oxygens (including phenoxy) is 5. The molecule has 0 spiro atoms. The summed E-state index contributed by atoms with van der Waals surface area (Å²) < 4.78 is 26.2. The van der Waals surface area contributed by atoms with Crippen LogP contribution in [-0.4, -0.2) is 56.9 Å². The lowest BCUT2D eigenvalue weighted by Gasteiger charge is -2.11. The molecule has 3 rings (SSSR count). The molecule has 0 saturated carbocycles. The maximum Gasteiger partial charge on any atom is 0.338 e. The van der Waals surface area contributed by atoms with E-state index in [1.54, 1.807) is 12.1 Å². The van der Waals surface area contributed by atoms with E-state index in [9.17, 15) is 9.59 Å². The molecular weight excluding hydrogens is 354 g/mol. The van der Waals surface area contributed by atoms with Gasteiger partial charge in [-0.1, -0.05) is 26.0 Å². The lowest BCUT2D eigenvalue weighted by molar-refractivity contribution is -0.160. The van der Waals surface area contributed by atoms with Crippen molar-refractivity contribution in [1.29, 1.82) is 0 Å². The summed E-state index contributed by atoms with van der Waals surface area (Å²) in [5.41, 5.74) is 1.49. The number of hydrogen-bond donors (Lipinski definition) is 0. The van der Waals surface area contributed by atoms with Crippen LogP contribution in [0, 0.1) is 5.92 Å². The maximum absolute atomic E-state index is 11.9. The van der Waals surface area contributed by atoms with Crippen LogP contribution in [0.5, 0.6) is 0 Å². The number of nitrogens with zero attached hydrogens (tertiary/aromatic N) is 1. The van der Waals surface area contributed by atoms with Gasteiger partial charge >= 0.3 is 11.9 Å². The topological polar surface area (TPSA) is 92.7 Å². The van der Waals surface area contributed by atoms with Crippen LogP contribution in [0.25, 0.3) is 0 Å². The van der Waals surface area contributed by atoms with Gasteiger partial charge in [0.2, 0.25) is 5.90 Å².